The summed E-state index contributed by atoms with van der Waals surface area (Å²) in [4.78, 5) is 40.3. The summed E-state index contributed by atoms with van der Waals surface area (Å²) in [5.74, 6) is -0.129. The van der Waals surface area contributed by atoms with Gasteiger partial charge in [-0.15, -0.1) is 0 Å². The van der Waals surface area contributed by atoms with Gasteiger partial charge in [0, 0.05) is 78.2 Å². The monoisotopic (exact) mass is 581 g/mol. The summed E-state index contributed by atoms with van der Waals surface area (Å²) in [5.41, 5.74) is 8.95. The summed E-state index contributed by atoms with van der Waals surface area (Å²) in [5, 5.41) is 0.875. The number of aromatic amines is 1. The van der Waals surface area contributed by atoms with Crippen molar-refractivity contribution in [2.24, 2.45) is 0 Å². The Kier molecular flexibility index (Phi) is 7.05. The van der Waals surface area contributed by atoms with Crippen molar-refractivity contribution in [1.29, 1.82) is 0 Å². The first-order valence-electron chi connectivity index (χ1n) is 13.2. The Morgan fingerprint density at radius 2 is 1.52 bits per heavy atom. The highest BCUT2D eigenvalue weighted by molar-refractivity contribution is 7.92. The Labute approximate surface area is 242 Å². The first kappa shape index (κ1) is 27.0. The molecule has 0 radical (unpaired) electrons. The lowest BCUT2D eigenvalue weighted by molar-refractivity contribution is 0.0529. The molecule has 5 aromatic rings. The van der Waals surface area contributed by atoms with Gasteiger partial charge in [-0.25, -0.2) is 13.4 Å². The first-order valence-corrected chi connectivity index (χ1v) is 14.7. The molecule has 3 heterocycles. The zero-order valence-electron chi connectivity index (χ0n) is 22.4. The fourth-order valence-electron chi connectivity index (χ4n) is 5.03. The number of sulfonamides is 1. The molecule has 0 saturated carbocycles. The van der Waals surface area contributed by atoms with Crippen LogP contribution in [-0.4, -0.2) is 71.2 Å². The lowest BCUT2D eigenvalue weighted by Crippen LogP contribution is -2.50. The van der Waals surface area contributed by atoms with Crippen LogP contribution in [0.3, 0.4) is 0 Å². The average molecular weight is 582 g/mol. The van der Waals surface area contributed by atoms with Gasteiger partial charge in [-0.1, -0.05) is 24.3 Å². The van der Waals surface area contributed by atoms with Crippen LogP contribution >= 0.6 is 0 Å². The SMILES string of the molecule is Nc1ccc(S(=O)(=O)Nc2ccc(C(=O)N3CCN(C(=O)c4ncc[nH]4)CC3)cc2)c(-c2cccc3cccnc23)c1. The minimum atomic E-state index is -4.04. The molecule has 1 saturated heterocycles. The van der Waals surface area contributed by atoms with E-state index in [2.05, 4.69) is 19.7 Å². The van der Waals surface area contributed by atoms with Crippen LogP contribution in [0.2, 0.25) is 0 Å². The number of nitrogens with two attached hydrogens (primary N) is 1. The number of nitrogen functional groups attached to an aromatic ring is 1. The van der Waals surface area contributed by atoms with Crippen molar-refractivity contribution in [1.82, 2.24) is 24.8 Å². The molecule has 0 bridgehead atoms. The Morgan fingerprint density at radius 1 is 0.810 bits per heavy atom. The van der Waals surface area contributed by atoms with Gasteiger partial charge in [0.2, 0.25) is 0 Å². The van der Waals surface area contributed by atoms with Gasteiger partial charge in [0.25, 0.3) is 21.8 Å². The van der Waals surface area contributed by atoms with E-state index in [1.165, 1.54) is 12.3 Å². The molecule has 2 aromatic heterocycles. The van der Waals surface area contributed by atoms with Crippen LogP contribution in [0.5, 0.6) is 0 Å². The van der Waals surface area contributed by atoms with E-state index in [1.807, 2.05) is 30.3 Å². The van der Waals surface area contributed by atoms with Crippen LogP contribution < -0.4 is 10.5 Å². The Morgan fingerprint density at radius 3 is 2.24 bits per heavy atom. The summed E-state index contributed by atoms with van der Waals surface area (Å²) in [6.45, 7) is 1.53. The van der Waals surface area contributed by atoms with Gasteiger partial charge in [-0.3, -0.25) is 19.3 Å². The number of aromatic nitrogens is 3. The summed E-state index contributed by atoms with van der Waals surface area (Å²) >= 11 is 0. The molecule has 42 heavy (non-hydrogen) atoms. The standard InChI is InChI=1S/C30H27N7O4S/c31-22-8-11-26(25(19-22)24-5-1-3-20-4-2-12-32-27(20)24)42(40,41)35-23-9-6-21(7-10-23)29(38)36-15-17-37(18-16-36)30(39)28-33-13-14-34-28/h1-14,19,35H,15-18,31H2,(H,33,34). The van der Waals surface area contributed by atoms with Crippen molar-refractivity contribution in [2.75, 3.05) is 36.6 Å². The number of pyridine rings is 1. The van der Waals surface area contributed by atoms with Gasteiger partial charge in [-0.2, -0.15) is 0 Å². The third kappa shape index (κ3) is 5.27. The number of fused-ring (bicyclic) bond motifs is 1. The molecule has 3 aromatic carbocycles. The summed E-state index contributed by atoms with van der Waals surface area (Å²) in [7, 11) is -4.04. The van der Waals surface area contributed by atoms with E-state index in [4.69, 9.17) is 5.73 Å². The van der Waals surface area contributed by atoms with Crippen molar-refractivity contribution >= 4 is 44.1 Å². The molecule has 0 spiro atoms. The second kappa shape index (κ2) is 11.0. The quantitative estimate of drug-likeness (QED) is 0.259. The molecule has 0 atom stereocenters. The number of imidazole rings is 1. The number of hydrogen-bond acceptors (Lipinski definition) is 7. The van der Waals surface area contributed by atoms with E-state index in [-0.39, 0.29) is 22.5 Å². The minimum absolute atomic E-state index is 0.0528. The van der Waals surface area contributed by atoms with Gasteiger partial charge < -0.3 is 20.5 Å². The van der Waals surface area contributed by atoms with E-state index in [0.29, 0.717) is 59.8 Å². The number of para-hydroxylation sites is 1. The average Bonchev–Trinajstić information content (AvgIpc) is 3.55. The van der Waals surface area contributed by atoms with Crippen molar-refractivity contribution in [3.8, 4) is 11.1 Å². The highest BCUT2D eigenvalue weighted by atomic mass is 32.2. The van der Waals surface area contributed by atoms with Gasteiger partial charge in [0.1, 0.15) is 0 Å². The van der Waals surface area contributed by atoms with Gasteiger partial charge in [-0.05, 0) is 48.5 Å². The lowest BCUT2D eigenvalue weighted by Gasteiger charge is -2.34. The highest BCUT2D eigenvalue weighted by Crippen LogP contribution is 2.34. The molecular weight excluding hydrogens is 554 g/mol. The van der Waals surface area contributed by atoms with Crippen LogP contribution in [0.4, 0.5) is 11.4 Å². The van der Waals surface area contributed by atoms with Crippen LogP contribution in [0.15, 0.2) is 96.3 Å². The third-order valence-electron chi connectivity index (χ3n) is 7.15. The second-order valence-electron chi connectivity index (χ2n) is 9.84. The molecule has 212 valence electrons. The number of benzene rings is 3. The van der Waals surface area contributed by atoms with E-state index < -0.39 is 10.0 Å². The smallest absolute Gasteiger partial charge is 0.289 e. The number of nitrogens with one attached hydrogen (secondary N) is 2. The lowest BCUT2D eigenvalue weighted by atomic mass is 10.0. The van der Waals surface area contributed by atoms with Crippen LogP contribution in [-0.2, 0) is 10.0 Å². The zero-order chi connectivity index (χ0) is 29.3. The molecule has 1 fully saturated rings. The molecule has 12 heteroatoms. The first-order chi connectivity index (χ1) is 20.3. The number of amides is 2. The molecular formula is C30H27N7O4S. The van der Waals surface area contributed by atoms with E-state index in [9.17, 15) is 18.0 Å². The second-order valence-corrected chi connectivity index (χ2v) is 11.5. The molecule has 1 aliphatic rings. The van der Waals surface area contributed by atoms with Crippen molar-refractivity contribution < 1.29 is 18.0 Å². The fourth-order valence-corrected chi connectivity index (χ4v) is 6.29. The number of rotatable bonds is 6. The number of carbonyl (C=O) groups excluding carboxylic acids is 2. The van der Waals surface area contributed by atoms with Gasteiger partial charge >= 0.3 is 0 Å². The predicted molar refractivity (Wildman–Crippen MR) is 159 cm³/mol. The van der Waals surface area contributed by atoms with Gasteiger partial charge in [0.15, 0.2) is 5.82 Å². The van der Waals surface area contributed by atoms with Crippen molar-refractivity contribution in [2.45, 2.75) is 4.90 Å². The van der Waals surface area contributed by atoms with Crippen molar-refractivity contribution in [3.05, 3.63) is 103 Å². The normalized spacial score (nSPS) is 13.7. The number of H-pyrrole nitrogens is 1. The number of anilines is 2. The van der Waals surface area contributed by atoms with E-state index in [0.717, 1.165) is 5.39 Å². The molecule has 11 nitrogen and oxygen atoms in total. The van der Waals surface area contributed by atoms with E-state index in [1.54, 1.807) is 58.6 Å². The molecule has 4 N–H and O–H groups in total. The molecule has 6 rings (SSSR count). The molecule has 1 aliphatic heterocycles. The maximum absolute atomic E-state index is 13.6. The maximum Gasteiger partial charge on any atom is 0.289 e. The fraction of sp³-hybridized carbons (Fsp3) is 0.133. The molecule has 0 unspecified atom stereocenters. The zero-order valence-corrected chi connectivity index (χ0v) is 23.2. The summed E-state index contributed by atoms with van der Waals surface area (Å²) < 4.78 is 29.8. The van der Waals surface area contributed by atoms with Gasteiger partial charge in [0.05, 0.1) is 10.4 Å². The largest absolute Gasteiger partial charge is 0.399 e. The Balaban J connectivity index is 1.18. The third-order valence-corrected chi connectivity index (χ3v) is 8.59. The number of carbonyl (C=O) groups is 2. The Hall–Kier alpha value is -5.23. The highest BCUT2D eigenvalue weighted by Gasteiger charge is 2.27. The summed E-state index contributed by atoms with van der Waals surface area (Å²) in [6.07, 6.45) is 4.77. The molecule has 0 aliphatic carbocycles. The van der Waals surface area contributed by atoms with Crippen LogP contribution in [0.1, 0.15) is 21.0 Å². The maximum atomic E-state index is 13.6. The number of piperazine rings is 1. The Bertz CT molecular complexity index is 1880. The van der Waals surface area contributed by atoms with E-state index >= 15 is 0 Å². The predicted octanol–water partition coefficient (Wildman–Crippen LogP) is 3.61. The summed E-state index contributed by atoms with van der Waals surface area (Å²) in [6, 6.07) is 20.2. The van der Waals surface area contributed by atoms with Crippen LogP contribution in [0, 0.1) is 0 Å². The number of hydrogen-bond donors (Lipinski definition) is 3. The van der Waals surface area contributed by atoms with Crippen LogP contribution in [0.25, 0.3) is 22.0 Å². The minimum Gasteiger partial charge on any atom is -0.399 e. The van der Waals surface area contributed by atoms with Crippen molar-refractivity contribution in [3.63, 3.8) is 0 Å². The topological polar surface area (TPSA) is 154 Å². The molecule has 2 amide bonds. The number of nitrogens with zero attached hydrogens (tertiary/aromatic N) is 4.